The summed E-state index contributed by atoms with van der Waals surface area (Å²) in [6, 6.07) is -0.626. The number of amides is 1. The molecule has 0 aliphatic rings. The first kappa shape index (κ1) is 80.8. The number of allylic oxidation sites excluding steroid dienone is 7. The average Bonchev–Trinajstić information content (AvgIpc) is 3.49. The second-order valence-electron chi connectivity index (χ2n) is 25.6. The van der Waals surface area contributed by atoms with Crippen LogP contribution in [0, 0.1) is 0 Å². The lowest BCUT2D eigenvalue weighted by atomic mass is 10.0. The summed E-state index contributed by atoms with van der Waals surface area (Å²) in [4.78, 5) is 24.6. The number of aliphatic hydroxyl groups excluding tert-OH is 2. The van der Waals surface area contributed by atoms with Gasteiger partial charge in [-0.05, 0) is 89.9 Å². The van der Waals surface area contributed by atoms with E-state index in [1.165, 1.54) is 327 Å². The minimum atomic E-state index is -0.842. The number of carbonyl (C=O) groups excluding carboxylic acids is 2. The summed E-state index contributed by atoms with van der Waals surface area (Å²) in [6.07, 6.45) is 95.0. The molecule has 0 radical (unpaired) electrons. The van der Waals surface area contributed by atoms with Gasteiger partial charge in [0.15, 0.2) is 0 Å². The van der Waals surface area contributed by atoms with Crippen LogP contribution in [-0.4, -0.2) is 47.4 Å². The molecule has 0 aromatic heterocycles. The fourth-order valence-electron chi connectivity index (χ4n) is 11.6. The minimum Gasteiger partial charge on any atom is -0.466 e. The van der Waals surface area contributed by atoms with Crippen LogP contribution < -0.4 is 5.32 Å². The quantitative estimate of drug-likeness (QED) is 0.0320. The summed E-state index contributed by atoms with van der Waals surface area (Å²) in [5, 5.41) is 23.2. The number of nitrogens with one attached hydrogen (secondary N) is 1. The Kier molecular flexibility index (Phi) is 70.4. The predicted octanol–water partition coefficient (Wildman–Crippen LogP) is 24.4. The maximum absolute atomic E-state index is 12.5. The monoisotopic (exact) mass is 1160 g/mol. The van der Waals surface area contributed by atoms with Gasteiger partial charge in [0, 0.05) is 12.8 Å². The Labute approximate surface area is 518 Å². The van der Waals surface area contributed by atoms with Crippen molar-refractivity contribution in [2.24, 2.45) is 0 Å². The van der Waals surface area contributed by atoms with Crippen molar-refractivity contribution >= 4 is 11.9 Å². The molecule has 0 heterocycles. The molecule has 0 rings (SSSR count). The van der Waals surface area contributed by atoms with Crippen molar-refractivity contribution in [3.8, 4) is 0 Å². The van der Waals surface area contributed by atoms with Crippen molar-refractivity contribution in [1.82, 2.24) is 5.32 Å². The van der Waals surface area contributed by atoms with Crippen molar-refractivity contribution in [2.75, 3.05) is 13.2 Å². The lowest BCUT2D eigenvalue weighted by Gasteiger charge is -2.20. The van der Waals surface area contributed by atoms with E-state index in [0.717, 1.165) is 51.4 Å². The Hall–Kier alpha value is -2.18. The molecule has 0 spiro atoms. The van der Waals surface area contributed by atoms with Crippen LogP contribution in [-0.2, 0) is 14.3 Å². The van der Waals surface area contributed by atoms with E-state index < -0.39 is 12.1 Å². The third kappa shape index (κ3) is 68.8. The maximum atomic E-state index is 12.5. The van der Waals surface area contributed by atoms with Gasteiger partial charge in [0.25, 0.3) is 0 Å². The molecule has 83 heavy (non-hydrogen) atoms. The Morgan fingerprint density at radius 2 is 0.602 bits per heavy atom. The Bertz CT molecular complexity index is 1390. The van der Waals surface area contributed by atoms with Crippen LogP contribution in [0.3, 0.4) is 0 Å². The molecular formula is C77H145NO5. The van der Waals surface area contributed by atoms with Crippen LogP contribution in [0.5, 0.6) is 0 Å². The van der Waals surface area contributed by atoms with Gasteiger partial charge in [-0.1, -0.05) is 351 Å². The average molecular weight is 1170 g/mol. The van der Waals surface area contributed by atoms with Gasteiger partial charge in [-0.2, -0.15) is 0 Å². The molecular weight excluding hydrogens is 1020 g/mol. The summed E-state index contributed by atoms with van der Waals surface area (Å²) >= 11 is 0. The van der Waals surface area contributed by atoms with Crippen LogP contribution in [0.4, 0.5) is 0 Å². The molecule has 0 saturated heterocycles. The van der Waals surface area contributed by atoms with Gasteiger partial charge in [-0.25, -0.2) is 0 Å². The molecule has 0 saturated carbocycles. The van der Waals surface area contributed by atoms with E-state index in [4.69, 9.17) is 4.74 Å². The number of ether oxygens (including phenoxy) is 1. The zero-order valence-electron chi connectivity index (χ0n) is 55.9. The summed E-state index contributed by atoms with van der Waals surface area (Å²) in [5.41, 5.74) is 0. The van der Waals surface area contributed by atoms with E-state index in [1.54, 1.807) is 6.08 Å². The minimum absolute atomic E-state index is 0.00610. The Morgan fingerprint density at radius 3 is 0.952 bits per heavy atom. The number of hydrogen-bond acceptors (Lipinski definition) is 5. The SMILES string of the molecule is CCCCC/C=C\C/C=C\CCCCCCCC(=O)OCCCCCCCCCCCCCCCC/C=C\CCCCCCCCCCCCCCCCCCCC(=O)NC(CO)C(O)/C=C/CCCCCCCCCCCCCCCC. The smallest absolute Gasteiger partial charge is 0.305 e. The van der Waals surface area contributed by atoms with Gasteiger partial charge < -0.3 is 20.3 Å². The molecule has 0 fully saturated rings. The van der Waals surface area contributed by atoms with Crippen LogP contribution in [0.2, 0.25) is 0 Å². The second kappa shape index (κ2) is 72.3. The Balaban J connectivity index is 3.36. The zero-order valence-corrected chi connectivity index (χ0v) is 55.9. The lowest BCUT2D eigenvalue weighted by molar-refractivity contribution is -0.143. The van der Waals surface area contributed by atoms with E-state index in [1.807, 2.05) is 6.08 Å². The van der Waals surface area contributed by atoms with E-state index in [9.17, 15) is 19.8 Å². The fraction of sp³-hybridized carbons (Fsp3) is 0.870. The summed E-state index contributed by atoms with van der Waals surface area (Å²) in [7, 11) is 0. The molecule has 0 aliphatic carbocycles. The maximum Gasteiger partial charge on any atom is 0.305 e. The highest BCUT2D eigenvalue weighted by Crippen LogP contribution is 2.19. The van der Waals surface area contributed by atoms with Gasteiger partial charge in [0.1, 0.15) is 0 Å². The molecule has 2 atom stereocenters. The molecule has 0 aromatic rings. The van der Waals surface area contributed by atoms with Crippen LogP contribution in [0.1, 0.15) is 406 Å². The highest BCUT2D eigenvalue weighted by molar-refractivity contribution is 5.76. The highest BCUT2D eigenvalue weighted by atomic mass is 16.5. The molecule has 2 unspecified atom stereocenters. The predicted molar refractivity (Wildman–Crippen MR) is 366 cm³/mol. The van der Waals surface area contributed by atoms with E-state index >= 15 is 0 Å². The summed E-state index contributed by atoms with van der Waals surface area (Å²) in [6.45, 7) is 4.90. The molecule has 0 aliphatic heterocycles. The van der Waals surface area contributed by atoms with Gasteiger partial charge in [0.05, 0.1) is 25.4 Å². The summed E-state index contributed by atoms with van der Waals surface area (Å²) < 4.78 is 5.49. The third-order valence-electron chi connectivity index (χ3n) is 17.3. The van der Waals surface area contributed by atoms with Gasteiger partial charge >= 0.3 is 5.97 Å². The van der Waals surface area contributed by atoms with E-state index in [-0.39, 0.29) is 18.5 Å². The topological polar surface area (TPSA) is 95.9 Å². The van der Waals surface area contributed by atoms with Gasteiger partial charge in [-0.3, -0.25) is 9.59 Å². The fourth-order valence-corrected chi connectivity index (χ4v) is 11.6. The molecule has 6 nitrogen and oxygen atoms in total. The van der Waals surface area contributed by atoms with Crippen LogP contribution >= 0.6 is 0 Å². The van der Waals surface area contributed by atoms with E-state index in [0.29, 0.717) is 19.4 Å². The number of carbonyl (C=O) groups is 2. The zero-order chi connectivity index (χ0) is 59.9. The number of aliphatic hydroxyl groups is 2. The Morgan fingerprint density at radius 1 is 0.337 bits per heavy atom. The first-order valence-electron chi connectivity index (χ1n) is 37.4. The van der Waals surface area contributed by atoms with Gasteiger partial charge in [0.2, 0.25) is 5.91 Å². The molecule has 6 heteroatoms. The van der Waals surface area contributed by atoms with Crippen molar-refractivity contribution in [2.45, 2.75) is 418 Å². The third-order valence-corrected chi connectivity index (χ3v) is 17.3. The normalized spacial score (nSPS) is 12.8. The molecule has 0 aromatic carbocycles. The van der Waals surface area contributed by atoms with Crippen molar-refractivity contribution in [3.05, 3.63) is 48.6 Å². The lowest BCUT2D eigenvalue weighted by Crippen LogP contribution is -2.45. The summed E-state index contributed by atoms with van der Waals surface area (Å²) in [5.74, 6) is -0.0558. The number of rotatable bonds is 70. The molecule has 488 valence electrons. The number of esters is 1. The largest absolute Gasteiger partial charge is 0.466 e. The van der Waals surface area contributed by atoms with Crippen molar-refractivity contribution < 1.29 is 24.5 Å². The van der Waals surface area contributed by atoms with Crippen LogP contribution in [0.25, 0.3) is 0 Å². The van der Waals surface area contributed by atoms with Gasteiger partial charge in [-0.15, -0.1) is 0 Å². The van der Waals surface area contributed by atoms with Crippen molar-refractivity contribution in [3.63, 3.8) is 0 Å². The number of unbranched alkanes of at least 4 members (excludes halogenated alkanes) is 53. The molecule has 0 bridgehead atoms. The second-order valence-corrected chi connectivity index (χ2v) is 25.6. The number of hydrogen-bond donors (Lipinski definition) is 3. The van der Waals surface area contributed by atoms with E-state index in [2.05, 4.69) is 55.6 Å². The first-order valence-corrected chi connectivity index (χ1v) is 37.4. The standard InChI is InChI=1S/C77H145NO5/c1-3-5-7-9-11-13-15-17-19-42-45-49-53-57-61-65-69-75(80)74(73-79)78-76(81)70-66-62-58-54-50-46-43-39-37-35-33-31-29-27-25-23-21-20-22-24-26-28-30-32-34-36-38-40-44-48-52-56-60-64-68-72-83-77(82)71-67-63-59-55-51-47-41-18-16-14-12-10-8-6-4-2/h12,14,18,22,24,41,65,69,74-75,79-80H,3-11,13,15-17,19-21,23,25-40,42-64,66-68,70-73H2,1-2H3,(H,78,81)/b14-12-,24-22-,41-18-,69-65+. The molecule has 3 N–H and O–H groups in total. The molecule has 1 amide bonds. The first-order chi connectivity index (χ1) is 41.0. The van der Waals surface area contributed by atoms with Crippen LogP contribution in [0.15, 0.2) is 48.6 Å². The van der Waals surface area contributed by atoms with Crippen molar-refractivity contribution in [1.29, 1.82) is 0 Å². The highest BCUT2D eigenvalue weighted by Gasteiger charge is 2.18.